The number of hydrogen-bond donors (Lipinski definition) is 1. The first kappa shape index (κ1) is 26.7. The average Bonchev–Trinajstić information content (AvgIpc) is 3.17. The minimum atomic E-state index is -4.00. The van der Waals surface area contributed by atoms with Crippen molar-refractivity contribution < 1.29 is 18.0 Å². The van der Waals surface area contributed by atoms with Crippen LogP contribution in [-0.4, -0.2) is 36.2 Å². The molecule has 1 aliphatic carbocycles. The number of halogens is 3. The van der Waals surface area contributed by atoms with Crippen molar-refractivity contribution in [3.8, 4) is 0 Å². The molecule has 0 saturated heterocycles. The molecule has 1 aliphatic rings. The highest BCUT2D eigenvalue weighted by Crippen LogP contribution is 2.32. The maximum Gasteiger partial charge on any atom is 0.386 e. The molecule has 1 N–H and O–H groups in total. The molecule has 0 aliphatic heterocycles. The number of carbonyl (C=O) groups excluding carboxylic acids is 1. The Kier molecular flexibility index (Phi) is 10.8. The van der Waals surface area contributed by atoms with Crippen LogP contribution in [0.1, 0.15) is 61.0 Å². The molecule has 172 valence electrons. The Morgan fingerprint density at radius 1 is 1.00 bits per heavy atom. The van der Waals surface area contributed by atoms with E-state index in [9.17, 15) is 18.0 Å². The van der Waals surface area contributed by atoms with E-state index in [1.807, 2.05) is 49.4 Å². The van der Waals surface area contributed by atoms with Crippen LogP contribution >= 0.6 is 0 Å². The Bertz CT molecular complexity index is 779. The van der Waals surface area contributed by atoms with Crippen LogP contribution in [0.3, 0.4) is 0 Å². The van der Waals surface area contributed by atoms with Gasteiger partial charge in [0.1, 0.15) is 0 Å². The third kappa shape index (κ3) is 10.0. The highest BCUT2D eigenvalue weighted by molar-refractivity contribution is 5.96. The van der Waals surface area contributed by atoms with Crippen LogP contribution in [-0.2, 0) is 0 Å². The molecule has 0 unspecified atom stereocenters. The molecule has 1 saturated carbocycles. The number of amides is 1. The number of benzene rings is 2. The summed E-state index contributed by atoms with van der Waals surface area (Å²) in [6, 6.07) is 18.0. The van der Waals surface area contributed by atoms with E-state index in [4.69, 9.17) is 0 Å². The van der Waals surface area contributed by atoms with Crippen LogP contribution in [0.15, 0.2) is 54.6 Å². The van der Waals surface area contributed by atoms with Crippen molar-refractivity contribution in [3.05, 3.63) is 71.3 Å². The van der Waals surface area contributed by atoms with E-state index in [-0.39, 0.29) is 18.5 Å². The van der Waals surface area contributed by atoms with Crippen LogP contribution in [0.2, 0.25) is 0 Å². The number of hydrogen-bond acceptors (Lipinski definition) is 2. The first-order chi connectivity index (χ1) is 14.5. The molecule has 0 heterocycles. The molecule has 1 amide bonds. The summed E-state index contributed by atoms with van der Waals surface area (Å²) in [7, 11) is 2.10. The van der Waals surface area contributed by atoms with Crippen molar-refractivity contribution in [2.45, 2.75) is 65.2 Å². The van der Waals surface area contributed by atoms with E-state index in [1.54, 1.807) is 0 Å². The standard InChI is InChI=1S/C16H24N2O.C7H8.C2H3F3/c1-4-18(3)16(11-7-8-12-16)17-15(19)14-10-6-5-9-13(14)2;1-7-5-3-2-4-6-7;1-2(3,4)5/h5-6,9-10H,4,7-8,11-12H2,1-3H3,(H,17,19);2-6H,1H3;1H3. The summed E-state index contributed by atoms with van der Waals surface area (Å²) in [6.45, 7) is 7.35. The van der Waals surface area contributed by atoms with Gasteiger partial charge in [0.25, 0.3) is 5.91 Å². The lowest BCUT2D eigenvalue weighted by Crippen LogP contribution is -2.57. The average molecular weight is 437 g/mol. The molecule has 2 aromatic carbocycles. The van der Waals surface area contributed by atoms with Crippen molar-refractivity contribution in [2.24, 2.45) is 0 Å². The first-order valence-electron chi connectivity index (χ1n) is 10.7. The maximum atomic E-state index is 12.5. The highest BCUT2D eigenvalue weighted by atomic mass is 19.4. The number of nitrogens with zero attached hydrogens (tertiary/aromatic N) is 1. The largest absolute Gasteiger partial charge is 0.386 e. The Labute approximate surface area is 184 Å². The quantitative estimate of drug-likeness (QED) is 0.554. The fourth-order valence-electron chi connectivity index (χ4n) is 3.51. The van der Waals surface area contributed by atoms with Crippen LogP contribution in [0.5, 0.6) is 0 Å². The van der Waals surface area contributed by atoms with Gasteiger partial charge in [0.15, 0.2) is 0 Å². The number of rotatable bonds is 4. The minimum absolute atomic E-state index is 0.0558. The van der Waals surface area contributed by atoms with E-state index in [1.165, 1.54) is 18.4 Å². The number of carbonyl (C=O) groups is 1. The predicted octanol–water partition coefficient (Wildman–Crippen LogP) is 6.51. The highest BCUT2D eigenvalue weighted by Gasteiger charge is 2.38. The van der Waals surface area contributed by atoms with Gasteiger partial charge >= 0.3 is 6.18 Å². The second-order valence-electron chi connectivity index (χ2n) is 7.96. The summed E-state index contributed by atoms with van der Waals surface area (Å²) in [5.74, 6) is 0.0558. The smallest absolute Gasteiger partial charge is 0.334 e. The van der Waals surface area contributed by atoms with Crippen LogP contribution in [0.4, 0.5) is 13.2 Å². The van der Waals surface area contributed by atoms with Crippen LogP contribution in [0.25, 0.3) is 0 Å². The molecule has 3 rings (SSSR count). The molecule has 0 radical (unpaired) electrons. The summed E-state index contributed by atoms with van der Waals surface area (Å²) in [4.78, 5) is 14.8. The van der Waals surface area contributed by atoms with Gasteiger partial charge in [0.05, 0.1) is 5.66 Å². The van der Waals surface area contributed by atoms with Gasteiger partial charge in [0, 0.05) is 12.5 Å². The lowest BCUT2D eigenvalue weighted by Gasteiger charge is -2.39. The normalized spacial score (nSPS) is 14.7. The van der Waals surface area contributed by atoms with E-state index >= 15 is 0 Å². The van der Waals surface area contributed by atoms with Crippen LogP contribution < -0.4 is 5.32 Å². The lowest BCUT2D eigenvalue weighted by molar-refractivity contribution is -0.110. The fraction of sp³-hybridized carbons (Fsp3) is 0.480. The molecule has 0 spiro atoms. The van der Waals surface area contributed by atoms with Crippen molar-refractivity contribution >= 4 is 5.91 Å². The minimum Gasteiger partial charge on any atom is -0.334 e. The number of alkyl halides is 3. The summed E-state index contributed by atoms with van der Waals surface area (Å²) >= 11 is 0. The van der Waals surface area contributed by atoms with Gasteiger partial charge in [-0.3, -0.25) is 9.69 Å². The summed E-state index contributed by atoms with van der Waals surface area (Å²) in [5, 5.41) is 3.29. The van der Waals surface area contributed by atoms with Crippen molar-refractivity contribution in [2.75, 3.05) is 13.6 Å². The molecular weight excluding hydrogens is 401 g/mol. The van der Waals surface area contributed by atoms with Gasteiger partial charge in [-0.1, -0.05) is 61.0 Å². The topological polar surface area (TPSA) is 32.3 Å². The van der Waals surface area contributed by atoms with Crippen molar-refractivity contribution in [3.63, 3.8) is 0 Å². The molecule has 1 fully saturated rings. The van der Waals surface area contributed by atoms with Gasteiger partial charge in [-0.2, -0.15) is 13.2 Å². The van der Waals surface area contributed by atoms with Gasteiger partial charge in [-0.15, -0.1) is 0 Å². The third-order valence-electron chi connectivity index (χ3n) is 5.31. The summed E-state index contributed by atoms with van der Waals surface area (Å²) < 4.78 is 31.1. The maximum absolute atomic E-state index is 12.5. The Morgan fingerprint density at radius 3 is 1.90 bits per heavy atom. The summed E-state index contributed by atoms with van der Waals surface area (Å²) in [6.07, 6.45) is 0.487. The second-order valence-corrected chi connectivity index (χ2v) is 7.96. The van der Waals surface area contributed by atoms with E-state index < -0.39 is 6.18 Å². The van der Waals surface area contributed by atoms with Gasteiger partial charge in [-0.05, 0) is 64.8 Å². The van der Waals surface area contributed by atoms with Gasteiger partial charge in [0.2, 0.25) is 0 Å². The fourth-order valence-corrected chi connectivity index (χ4v) is 3.51. The Hall–Kier alpha value is -2.34. The monoisotopic (exact) mass is 436 g/mol. The van der Waals surface area contributed by atoms with Gasteiger partial charge in [-0.25, -0.2) is 0 Å². The van der Waals surface area contributed by atoms with Crippen molar-refractivity contribution in [1.82, 2.24) is 10.2 Å². The first-order valence-corrected chi connectivity index (χ1v) is 10.7. The zero-order valence-corrected chi connectivity index (χ0v) is 19.2. The molecule has 6 heteroatoms. The number of aryl methyl sites for hydroxylation is 2. The molecule has 0 bridgehead atoms. The van der Waals surface area contributed by atoms with E-state index in [2.05, 4.69) is 43.2 Å². The third-order valence-corrected chi connectivity index (χ3v) is 5.31. The Morgan fingerprint density at radius 2 is 1.48 bits per heavy atom. The molecule has 2 aromatic rings. The Balaban J connectivity index is 0.000000327. The zero-order valence-electron chi connectivity index (χ0n) is 19.2. The second kappa shape index (κ2) is 12.5. The van der Waals surface area contributed by atoms with Crippen LogP contribution in [0, 0.1) is 13.8 Å². The van der Waals surface area contributed by atoms with E-state index in [0.717, 1.165) is 30.5 Å². The predicted molar refractivity (Wildman–Crippen MR) is 121 cm³/mol. The molecule has 31 heavy (non-hydrogen) atoms. The molecule has 0 atom stereocenters. The lowest BCUT2D eigenvalue weighted by atomic mass is 10.0. The van der Waals surface area contributed by atoms with Gasteiger partial charge < -0.3 is 5.32 Å². The van der Waals surface area contributed by atoms with E-state index in [0.29, 0.717) is 0 Å². The molecular formula is C25H35F3N2O. The SMILES string of the molecule is CC(F)(F)F.CCN(C)C1(NC(=O)c2ccccc2C)CCCC1.Cc1ccccc1. The summed E-state index contributed by atoms with van der Waals surface area (Å²) in [5.41, 5.74) is 3.00. The van der Waals surface area contributed by atoms with Crippen molar-refractivity contribution in [1.29, 1.82) is 0 Å². The molecule has 0 aromatic heterocycles. The zero-order chi connectivity index (χ0) is 23.5. The number of nitrogens with one attached hydrogen (secondary N) is 1. The molecule has 3 nitrogen and oxygen atoms in total.